The number of ether oxygens (including phenoxy) is 3. The van der Waals surface area contributed by atoms with Crippen molar-refractivity contribution in [1.82, 2.24) is 5.32 Å². The zero-order valence-electron chi connectivity index (χ0n) is 15.0. The van der Waals surface area contributed by atoms with Crippen molar-refractivity contribution in [2.45, 2.75) is 19.9 Å². The van der Waals surface area contributed by atoms with Gasteiger partial charge < -0.3 is 30.6 Å². The third kappa shape index (κ3) is 5.99. The number of amides is 2. The van der Waals surface area contributed by atoms with Gasteiger partial charge in [0, 0.05) is 0 Å². The molecule has 0 aromatic heterocycles. The van der Waals surface area contributed by atoms with Crippen molar-refractivity contribution in [3.05, 3.63) is 12.1 Å². The molecule has 1 aromatic carbocycles. The molecular formula is C16H26ClN3O5. The second kappa shape index (κ2) is 10.6. The van der Waals surface area contributed by atoms with Crippen LogP contribution in [0.3, 0.4) is 0 Å². The highest BCUT2D eigenvalue weighted by molar-refractivity contribution is 5.97. The molecule has 0 unspecified atom stereocenters. The molecule has 0 aliphatic carbocycles. The molecule has 0 saturated heterocycles. The fourth-order valence-corrected chi connectivity index (χ4v) is 1.98. The van der Waals surface area contributed by atoms with E-state index in [2.05, 4.69) is 10.6 Å². The summed E-state index contributed by atoms with van der Waals surface area (Å²) in [5.74, 6) is 0.367. The Hall–Kier alpha value is -2.19. The summed E-state index contributed by atoms with van der Waals surface area (Å²) in [5.41, 5.74) is 6.13. The van der Waals surface area contributed by atoms with Crippen molar-refractivity contribution in [1.29, 1.82) is 0 Å². The largest absolute Gasteiger partial charge is 0.493 e. The van der Waals surface area contributed by atoms with Crippen LogP contribution >= 0.6 is 12.4 Å². The van der Waals surface area contributed by atoms with Gasteiger partial charge in [0.25, 0.3) is 0 Å². The molecular weight excluding hydrogens is 350 g/mol. The van der Waals surface area contributed by atoms with Crippen LogP contribution in [0, 0.1) is 5.92 Å². The molecule has 1 rings (SSSR count). The maximum absolute atomic E-state index is 12.0. The first-order chi connectivity index (χ1) is 11.3. The summed E-state index contributed by atoms with van der Waals surface area (Å²) in [7, 11) is 4.43. The summed E-state index contributed by atoms with van der Waals surface area (Å²) in [5, 5.41) is 5.16. The van der Waals surface area contributed by atoms with Crippen LogP contribution in [0.25, 0.3) is 0 Å². The lowest BCUT2D eigenvalue weighted by Crippen LogP contribution is -2.46. The molecule has 0 fully saturated rings. The predicted octanol–water partition coefficient (Wildman–Crippen LogP) is 1.17. The van der Waals surface area contributed by atoms with Crippen molar-refractivity contribution >= 4 is 29.9 Å². The first-order valence-corrected chi connectivity index (χ1v) is 7.47. The fraction of sp³-hybridized carbons (Fsp3) is 0.500. The van der Waals surface area contributed by atoms with Gasteiger partial charge in [0.05, 0.1) is 39.6 Å². The molecule has 142 valence electrons. The normalized spacial score (nSPS) is 11.2. The lowest BCUT2D eigenvalue weighted by Gasteiger charge is -2.17. The SMILES string of the molecule is COc1ccc(NC(=O)CNC(=O)[C@@H](N)C(C)C)c(OC)c1OC.Cl. The van der Waals surface area contributed by atoms with Crippen LogP contribution in [-0.4, -0.2) is 45.7 Å². The van der Waals surface area contributed by atoms with Crippen molar-refractivity contribution in [2.24, 2.45) is 11.7 Å². The summed E-state index contributed by atoms with van der Waals surface area (Å²) < 4.78 is 15.7. The Morgan fingerprint density at radius 3 is 2.16 bits per heavy atom. The Labute approximate surface area is 153 Å². The summed E-state index contributed by atoms with van der Waals surface area (Å²) in [6, 6.07) is 2.61. The molecule has 0 aliphatic rings. The van der Waals surface area contributed by atoms with Gasteiger partial charge in [-0.25, -0.2) is 0 Å². The van der Waals surface area contributed by atoms with E-state index >= 15 is 0 Å². The molecule has 25 heavy (non-hydrogen) atoms. The Kier molecular flexibility index (Phi) is 9.70. The maximum Gasteiger partial charge on any atom is 0.243 e. The first kappa shape index (κ1) is 22.8. The van der Waals surface area contributed by atoms with E-state index in [9.17, 15) is 9.59 Å². The Morgan fingerprint density at radius 1 is 1.08 bits per heavy atom. The van der Waals surface area contributed by atoms with E-state index in [4.69, 9.17) is 19.9 Å². The number of hydrogen-bond donors (Lipinski definition) is 3. The molecule has 1 aromatic rings. The van der Waals surface area contributed by atoms with E-state index in [1.807, 2.05) is 13.8 Å². The number of benzene rings is 1. The highest BCUT2D eigenvalue weighted by Gasteiger charge is 2.20. The van der Waals surface area contributed by atoms with Gasteiger partial charge in [-0.2, -0.15) is 0 Å². The number of carbonyl (C=O) groups excluding carboxylic acids is 2. The molecule has 0 aliphatic heterocycles. The van der Waals surface area contributed by atoms with E-state index < -0.39 is 11.9 Å². The van der Waals surface area contributed by atoms with Gasteiger partial charge in [0.1, 0.15) is 0 Å². The van der Waals surface area contributed by atoms with Crippen molar-refractivity contribution in [3.8, 4) is 17.2 Å². The minimum absolute atomic E-state index is 0. The molecule has 0 radical (unpaired) electrons. The molecule has 0 saturated carbocycles. The van der Waals surface area contributed by atoms with Crippen molar-refractivity contribution in [3.63, 3.8) is 0 Å². The quantitative estimate of drug-likeness (QED) is 0.628. The molecule has 0 spiro atoms. The Balaban J connectivity index is 0.00000576. The molecule has 0 bridgehead atoms. The standard InChI is InChI=1S/C16H25N3O5.ClH/c1-9(2)13(17)16(21)18-8-12(20)19-10-6-7-11(22-3)15(24-5)14(10)23-4;/h6-7,9,13H,8,17H2,1-5H3,(H,18,21)(H,19,20);1H/t13-;/m0./s1. The highest BCUT2D eigenvalue weighted by atomic mass is 35.5. The molecule has 8 nitrogen and oxygen atoms in total. The number of nitrogens with one attached hydrogen (secondary N) is 2. The van der Waals surface area contributed by atoms with Crippen LogP contribution in [0.2, 0.25) is 0 Å². The highest BCUT2D eigenvalue weighted by Crippen LogP contribution is 2.42. The van der Waals surface area contributed by atoms with Crippen LogP contribution in [0.1, 0.15) is 13.8 Å². The fourth-order valence-electron chi connectivity index (χ4n) is 1.98. The average Bonchev–Trinajstić information content (AvgIpc) is 2.57. The van der Waals surface area contributed by atoms with E-state index in [-0.39, 0.29) is 30.8 Å². The maximum atomic E-state index is 12.0. The summed E-state index contributed by atoms with van der Waals surface area (Å²) >= 11 is 0. The van der Waals surface area contributed by atoms with Crippen LogP contribution in [-0.2, 0) is 9.59 Å². The van der Waals surface area contributed by atoms with Crippen LogP contribution < -0.4 is 30.6 Å². The topological polar surface area (TPSA) is 112 Å². The van der Waals surface area contributed by atoms with Gasteiger partial charge in [0.15, 0.2) is 11.5 Å². The van der Waals surface area contributed by atoms with Gasteiger partial charge >= 0.3 is 0 Å². The summed E-state index contributed by atoms with van der Waals surface area (Å²) in [6.45, 7) is 3.47. The monoisotopic (exact) mass is 375 g/mol. The lowest BCUT2D eigenvalue weighted by molar-refractivity contribution is -0.125. The smallest absolute Gasteiger partial charge is 0.243 e. The van der Waals surface area contributed by atoms with Gasteiger partial charge in [0.2, 0.25) is 17.6 Å². The zero-order chi connectivity index (χ0) is 18.3. The van der Waals surface area contributed by atoms with Gasteiger partial charge in [-0.05, 0) is 18.1 Å². The molecule has 2 amide bonds. The van der Waals surface area contributed by atoms with Crippen LogP contribution in [0.15, 0.2) is 12.1 Å². The van der Waals surface area contributed by atoms with E-state index in [0.717, 1.165) is 0 Å². The Morgan fingerprint density at radius 2 is 1.68 bits per heavy atom. The second-order valence-electron chi connectivity index (χ2n) is 5.42. The van der Waals surface area contributed by atoms with E-state index in [1.165, 1.54) is 21.3 Å². The van der Waals surface area contributed by atoms with E-state index in [1.54, 1.807) is 12.1 Å². The zero-order valence-corrected chi connectivity index (χ0v) is 15.9. The van der Waals surface area contributed by atoms with E-state index in [0.29, 0.717) is 22.9 Å². The third-order valence-corrected chi connectivity index (χ3v) is 3.42. The second-order valence-corrected chi connectivity index (χ2v) is 5.42. The minimum atomic E-state index is -0.659. The van der Waals surface area contributed by atoms with Crippen LogP contribution in [0.5, 0.6) is 17.2 Å². The summed E-state index contributed by atoms with van der Waals surface area (Å²) in [4.78, 5) is 23.8. The van der Waals surface area contributed by atoms with Gasteiger partial charge in [-0.1, -0.05) is 13.8 Å². The molecule has 0 heterocycles. The van der Waals surface area contributed by atoms with Crippen molar-refractivity contribution in [2.75, 3.05) is 33.2 Å². The number of halogens is 1. The number of methoxy groups -OCH3 is 3. The lowest BCUT2D eigenvalue weighted by atomic mass is 10.1. The Bertz CT molecular complexity index is 595. The van der Waals surface area contributed by atoms with Gasteiger partial charge in [-0.15, -0.1) is 12.4 Å². The molecule has 4 N–H and O–H groups in total. The van der Waals surface area contributed by atoms with Crippen LogP contribution in [0.4, 0.5) is 5.69 Å². The third-order valence-electron chi connectivity index (χ3n) is 3.42. The minimum Gasteiger partial charge on any atom is -0.493 e. The van der Waals surface area contributed by atoms with Gasteiger partial charge in [-0.3, -0.25) is 9.59 Å². The predicted molar refractivity (Wildman–Crippen MR) is 97.8 cm³/mol. The number of rotatable bonds is 8. The molecule has 1 atom stereocenters. The summed E-state index contributed by atoms with van der Waals surface area (Å²) in [6.07, 6.45) is 0. The number of hydrogen-bond acceptors (Lipinski definition) is 6. The number of nitrogens with two attached hydrogens (primary N) is 1. The number of carbonyl (C=O) groups is 2. The number of anilines is 1. The average molecular weight is 376 g/mol. The first-order valence-electron chi connectivity index (χ1n) is 7.47. The van der Waals surface area contributed by atoms with Crippen molar-refractivity contribution < 1.29 is 23.8 Å². The molecule has 9 heteroatoms.